The van der Waals surface area contributed by atoms with Crippen LogP contribution in [-0.4, -0.2) is 26.4 Å². The molecule has 1 aromatic carbocycles. The fraction of sp³-hybridized carbons (Fsp3) is 0.190. The number of nitrogens with two attached hydrogens (primary N) is 1. The lowest BCUT2D eigenvalue weighted by atomic mass is 9.96. The second-order valence-corrected chi connectivity index (χ2v) is 6.52. The van der Waals surface area contributed by atoms with Crippen LogP contribution in [0.2, 0.25) is 0 Å². The Kier molecular flexibility index (Phi) is 4.70. The maximum absolute atomic E-state index is 10.0. The Labute approximate surface area is 157 Å². The smallest absolute Gasteiger partial charge is 0.214 e. The van der Waals surface area contributed by atoms with Gasteiger partial charge < -0.3 is 15.6 Å². The molecule has 1 fully saturated rings. The summed E-state index contributed by atoms with van der Waals surface area (Å²) in [6.45, 7) is 0. The summed E-state index contributed by atoms with van der Waals surface area (Å²) in [6.07, 6.45) is 9.23. The first kappa shape index (κ1) is 17.0. The van der Waals surface area contributed by atoms with Crippen LogP contribution in [-0.2, 0) is 0 Å². The summed E-state index contributed by atoms with van der Waals surface area (Å²) in [7, 11) is 0. The quantitative estimate of drug-likeness (QED) is 0.716. The summed E-state index contributed by atoms with van der Waals surface area (Å²) in [5.74, 6) is 1.11. The van der Waals surface area contributed by atoms with Crippen molar-refractivity contribution in [2.24, 2.45) is 0 Å². The van der Waals surface area contributed by atoms with E-state index in [1.54, 1.807) is 30.5 Å². The Morgan fingerprint density at radius 1 is 1.07 bits per heavy atom. The summed E-state index contributed by atoms with van der Waals surface area (Å²) in [5, 5.41) is 18.1. The average Bonchev–Trinajstić information content (AvgIpc) is 2.65. The van der Waals surface area contributed by atoms with E-state index in [1.165, 1.54) is 6.42 Å². The van der Waals surface area contributed by atoms with Gasteiger partial charge in [-0.2, -0.15) is 0 Å². The molecule has 0 unspecified atom stereocenters. The molecule has 1 saturated carbocycles. The van der Waals surface area contributed by atoms with Gasteiger partial charge in [0, 0.05) is 23.4 Å². The van der Waals surface area contributed by atoms with Crippen LogP contribution in [0.4, 0.5) is 5.82 Å². The topological polar surface area (TPSA) is 94.2 Å². The summed E-state index contributed by atoms with van der Waals surface area (Å²) >= 11 is 0. The zero-order valence-corrected chi connectivity index (χ0v) is 14.7. The fourth-order valence-corrected chi connectivity index (χ4v) is 2.81. The second kappa shape index (κ2) is 7.45. The first-order valence-electron chi connectivity index (χ1n) is 8.91. The SMILES string of the molecule is Nc1nnc(-c2ccccc2O)cc1/C=C/c1ccnc(OC2CCC2)c1. The molecule has 0 saturated heterocycles. The zero-order valence-electron chi connectivity index (χ0n) is 14.7. The van der Waals surface area contributed by atoms with Crippen molar-refractivity contribution in [2.75, 3.05) is 5.73 Å². The van der Waals surface area contributed by atoms with Gasteiger partial charge in [-0.15, -0.1) is 10.2 Å². The number of nitrogens with zero attached hydrogens (tertiary/aromatic N) is 3. The van der Waals surface area contributed by atoms with E-state index in [9.17, 15) is 5.11 Å². The van der Waals surface area contributed by atoms with Crippen LogP contribution in [0.3, 0.4) is 0 Å². The van der Waals surface area contributed by atoms with Crippen LogP contribution in [0.15, 0.2) is 48.7 Å². The number of pyridine rings is 1. The highest BCUT2D eigenvalue weighted by Gasteiger charge is 2.19. The van der Waals surface area contributed by atoms with Gasteiger partial charge in [-0.3, -0.25) is 0 Å². The highest BCUT2D eigenvalue weighted by atomic mass is 16.5. The molecule has 1 aliphatic rings. The number of phenols is 1. The van der Waals surface area contributed by atoms with Crippen molar-refractivity contribution in [1.82, 2.24) is 15.2 Å². The maximum Gasteiger partial charge on any atom is 0.214 e. The van der Waals surface area contributed by atoms with Crippen LogP contribution in [0.5, 0.6) is 11.6 Å². The lowest BCUT2D eigenvalue weighted by Crippen LogP contribution is -2.24. The van der Waals surface area contributed by atoms with E-state index in [1.807, 2.05) is 30.4 Å². The van der Waals surface area contributed by atoms with Gasteiger partial charge in [0.15, 0.2) is 5.82 Å². The molecule has 0 spiro atoms. The summed E-state index contributed by atoms with van der Waals surface area (Å²) in [5.41, 5.74) is 8.82. The summed E-state index contributed by atoms with van der Waals surface area (Å²) in [4.78, 5) is 4.27. The van der Waals surface area contributed by atoms with Crippen LogP contribution in [0, 0.1) is 0 Å². The van der Waals surface area contributed by atoms with Crippen LogP contribution < -0.4 is 10.5 Å². The number of ether oxygens (including phenoxy) is 1. The normalized spacial score (nSPS) is 14.2. The minimum Gasteiger partial charge on any atom is -0.507 e. The van der Waals surface area contributed by atoms with Gasteiger partial charge in [-0.05, 0) is 49.1 Å². The highest BCUT2D eigenvalue weighted by molar-refractivity contribution is 5.77. The van der Waals surface area contributed by atoms with E-state index >= 15 is 0 Å². The van der Waals surface area contributed by atoms with Gasteiger partial charge in [0.25, 0.3) is 0 Å². The van der Waals surface area contributed by atoms with E-state index in [2.05, 4.69) is 15.2 Å². The van der Waals surface area contributed by atoms with Gasteiger partial charge in [0.1, 0.15) is 11.9 Å². The van der Waals surface area contributed by atoms with Crippen LogP contribution in [0.1, 0.15) is 30.4 Å². The van der Waals surface area contributed by atoms with E-state index in [4.69, 9.17) is 10.5 Å². The number of aromatic hydroxyl groups is 1. The number of nitrogen functional groups attached to an aromatic ring is 1. The van der Waals surface area contributed by atoms with E-state index in [-0.39, 0.29) is 11.9 Å². The number of benzene rings is 1. The van der Waals surface area contributed by atoms with E-state index < -0.39 is 0 Å². The van der Waals surface area contributed by atoms with Crippen LogP contribution >= 0.6 is 0 Å². The van der Waals surface area contributed by atoms with Gasteiger partial charge in [-0.25, -0.2) is 4.98 Å². The van der Waals surface area contributed by atoms with Crippen molar-refractivity contribution in [3.8, 4) is 22.9 Å². The Morgan fingerprint density at radius 3 is 2.70 bits per heavy atom. The minimum atomic E-state index is 0.151. The molecule has 3 aromatic rings. The molecule has 0 bridgehead atoms. The third-order valence-corrected chi connectivity index (χ3v) is 4.59. The van der Waals surface area contributed by atoms with Gasteiger partial charge in [0.2, 0.25) is 5.88 Å². The van der Waals surface area contributed by atoms with Crippen molar-refractivity contribution >= 4 is 18.0 Å². The first-order valence-corrected chi connectivity index (χ1v) is 8.91. The Morgan fingerprint density at radius 2 is 1.93 bits per heavy atom. The van der Waals surface area contributed by atoms with Crippen molar-refractivity contribution < 1.29 is 9.84 Å². The summed E-state index contributed by atoms with van der Waals surface area (Å²) < 4.78 is 5.84. The molecule has 2 aromatic heterocycles. The molecule has 6 nitrogen and oxygen atoms in total. The van der Waals surface area contributed by atoms with Crippen molar-refractivity contribution in [3.63, 3.8) is 0 Å². The number of hydrogen-bond acceptors (Lipinski definition) is 6. The predicted octanol–water partition coefficient (Wildman–Crippen LogP) is 3.93. The van der Waals surface area contributed by atoms with Crippen molar-refractivity contribution in [3.05, 3.63) is 59.8 Å². The monoisotopic (exact) mass is 360 g/mol. The van der Waals surface area contributed by atoms with Crippen molar-refractivity contribution in [2.45, 2.75) is 25.4 Å². The molecule has 0 radical (unpaired) electrons. The number of para-hydroxylation sites is 1. The Bertz CT molecular complexity index is 983. The first-order chi connectivity index (χ1) is 13.2. The van der Waals surface area contributed by atoms with Crippen LogP contribution in [0.25, 0.3) is 23.4 Å². The fourth-order valence-electron chi connectivity index (χ4n) is 2.81. The Hall–Kier alpha value is -3.41. The van der Waals surface area contributed by atoms with E-state index in [0.717, 1.165) is 24.0 Å². The molecule has 0 atom stereocenters. The largest absolute Gasteiger partial charge is 0.507 e. The molecule has 4 rings (SSSR count). The van der Waals surface area contributed by atoms with Crippen molar-refractivity contribution in [1.29, 1.82) is 0 Å². The molecule has 2 heterocycles. The molecule has 1 aliphatic carbocycles. The number of phenolic OH excluding ortho intramolecular Hbond substituents is 1. The number of aromatic nitrogens is 3. The average molecular weight is 360 g/mol. The molecule has 136 valence electrons. The molecular formula is C21H20N4O2. The summed E-state index contributed by atoms with van der Waals surface area (Å²) in [6, 6.07) is 12.6. The standard InChI is InChI=1S/C21H20N4O2/c22-21-15(13-18(24-25-21)17-6-1-2-7-19(17)26)9-8-14-10-11-23-20(12-14)27-16-4-3-5-16/h1-2,6-13,16,26H,3-5H2,(H2,22,25)/b9-8+. The van der Waals surface area contributed by atoms with Gasteiger partial charge >= 0.3 is 0 Å². The third-order valence-electron chi connectivity index (χ3n) is 4.59. The third kappa shape index (κ3) is 3.89. The predicted molar refractivity (Wildman–Crippen MR) is 105 cm³/mol. The molecule has 27 heavy (non-hydrogen) atoms. The molecular weight excluding hydrogens is 340 g/mol. The lowest BCUT2D eigenvalue weighted by Gasteiger charge is -2.25. The number of hydrogen-bond donors (Lipinski definition) is 2. The Balaban J connectivity index is 1.57. The molecule has 0 amide bonds. The lowest BCUT2D eigenvalue weighted by molar-refractivity contribution is 0.114. The zero-order chi connectivity index (χ0) is 18.6. The van der Waals surface area contributed by atoms with Gasteiger partial charge in [0.05, 0.1) is 5.69 Å². The molecule has 6 heteroatoms. The minimum absolute atomic E-state index is 0.151. The van der Waals surface area contributed by atoms with Gasteiger partial charge in [-0.1, -0.05) is 24.3 Å². The number of rotatable bonds is 5. The second-order valence-electron chi connectivity index (χ2n) is 6.52. The maximum atomic E-state index is 10.0. The number of anilines is 1. The molecule has 3 N–H and O–H groups in total. The van der Waals surface area contributed by atoms with E-state index in [0.29, 0.717) is 23.0 Å². The molecule has 0 aliphatic heterocycles. The highest BCUT2D eigenvalue weighted by Crippen LogP contribution is 2.29.